The number of anilines is 1. The lowest BCUT2D eigenvalue weighted by Crippen LogP contribution is -2.35. The minimum Gasteiger partial charge on any atom is -0.493 e. The lowest BCUT2D eigenvalue weighted by Gasteiger charge is -2.19. The van der Waals surface area contributed by atoms with E-state index in [1.807, 2.05) is 39.8 Å². The summed E-state index contributed by atoms with van der Waals surface area (Å²) in [7, 11) is 3.14. The first-order valence-corrected chi connectivity index (χ1v) is 9.70. The summed E-state index contributed by atoms with van der Waals surface area (Å²) in [6, 6.07) is 9.07. The number of carbonyl (C=O) groups is 2. The maximum Gasteiger partial charge on any atom is 0.254 e. The zero-order chi connectivity index (χ0) is 21.6. The number of rotatable bonds is 8. The van der Waals surface area contributed by atoms with E-state index in [9.17, 15) is 9.59 Å². The van der Waals surface area contributed by atoms with Crippen molar-refractivity contribution in [2.45, 2.75) is 34.1 Å². The third kappa shape index (κ3) is 5.73. The van der Waals surface area contributed by atoms with Crippen LogP contribution in [0.4, 0.5) is 5.69 Å². The first-order valence-electron chi connectivity index (χ1n) is 9.70. The molecule has 0 atom stereocenters. The fourth-order valence-electron chi connectivity index (χ4n) is 3.20. The summed E-state index contributed by atoms with van der Waals surface area (Å²) in [5.74, 6) is 0.577. The lowest BCUT2D eigenvalue weighted by molar-refractivity contribution is -0.116. The summed E-state index contributed by atoms with van der Waals surface area (Å²) in [6.45, 7) is 8.47. The van der Waals surface area contributed by atoms with Crippen LogP contribution in [0.25, 0.3) is 0 Å². The van der Waals surface area contributed by atoms with Crippen molar-refractivity contribution in [3.05, 3.63) is 52.6 Å². The second-order valence-electron chi connectivity index (χ2n) is 7.20. The Kier molecular flexibility index (Phi) is 7.65. The number of aryl methyl sites for hydroxylation is 3. The van der Waals surface area contributed by atoms with Gasteiger partial charge in [0.25, 0.3) is 5.91 Å². The van der Waals surface area contributed by atoms with Crippen molar-refractivity contribution < 1.29 is 19.1 Å². The molecule has 2 aromatic rings. The number of likely N-dealkylation sites (N-methyl/N-ethyl adjacent to an activating group) is 1. The number of benzene rings is 2. The molecule has 0 saturated carbocycles. The highest BCUT2D eigenvalue weighted by Crippen LogP contribution is 2.28. The normalized spacial score (nSPS) is 10.4. The Bertz CT molecular complexity index is 869. The van der Waals surface area contributed by atoms with E-state index >= 15 is 0 Å². The van der Waals surface area contributed by atoms with Crippen LogP contribution in [0.5, 0.6) is 11.5 Å². The number of hydrogen-bond donors (Lipinski definition) is 1. The topological polar surface area (TPSA) is 67.9 Å². The molecule has 0 radical (unpaired) electrons. The molecular formula is C23H30N2O4. The number of ether oxygens (including phenoxy) is 2. The number of hydrogen-bond acceptors (Lipinski definition) is 4. The summed E-state index contributed by atoms with van der Waals surface area (Å²) in [5.41, 5.74) is 4.37. The van der Waals surface area contributed by atoms with Gasteiger partial charge in [-0.3, -0.25) is 9.59 Å². The minimum absolute atomic E-state index is 0.0536. The van der Waals surface area contributed by atoms with Crippen molar-refractivity contribution in [3.8, 4) is 11.5 Å². The molecule has 0 aliphatic rings. The average molecular weight is 399 g/mol. The van der Waals surface area contributed by atoms with Crippen LogP contribution in [0.3, 0.4) is 0 Å². The highest BCUT2D eigenvalue weighted by Gasteiger charge is 2.18. The predicted octanol–water partition coefficient (Wildman–Crippen LogP) is 4.12. The van der Waals surface area contributed by atoms with Gasteiger partial charge in [0, 0.05) is 18.3 Å². The van der Waals surface area contributed by atoms with E-state index < -0.39 is 0 Å². The third-order valence-electron chi connectivity index (χ3n) is 4.54. The van der Waals surface area contributed by atoms with Crippen LogP contribution in [0.2, 0.25) is 0 Å². The Hall–Kier alpha value is -3.02. The van der Waals surface area contributed by atoms with Gasteiger partial charge in [-0.15, -0.1) is 0 Å². The molecule has 0 spiro atoms. The smallest absolute Gasteiger partial charge is 0.254 e. The van der Waals surface area contributed by atoms with Gasteiger partial charge in [-0.1, -0.05) is 24.6 Å². The molecule has 0 fully saturated rings. The van der Waals surface area contributed by atoms with Crippen molar-refractivity contribution in [1.29, 1.82) is 0 Å². The van der Waals surface area contributed by atoms with Gasteiger partial charge < -0.3 is 19.7 Å². The second-order valence-corrected chi connectivity index (χ2v) is 7.20. The van der Waals surface area contributed by atoms with Crippen LogP contribution < -0.4 is 14.8 Å². The van der Waals surface area contributed by atoms with E-state index in [4.69, 9.17) is 9.47 Å². The van der Waals surface area contributed by atoms with Crippen molar-refractivity contribution >= 4 is 17.5 Å². The molecule has 6 heteroatoms. The maximum absolute atomic E-state index is 12.8. The lowest BCUT2D eigenvalue weighted by atomic mass is 10.1. The number of nitrogens with one attached hydrogen (secondary N) is 1. The van der Waals surface area contributed by atoms with Crippen LogP contribution in [0.15, 0.2) is 30.3 Å². The summed E-state index contributed by atoms with van der Waals surface area (Å²) in [6.07, 6.45) is 0.877. The van der Waals surface area contributed by atoms with Gasteiger partial charge >= 0.3 is 0 Å². The van der Waals surface area contributed by atoms with Gasteiger partial charge in [-0.05, 0) is 56.5 Å². The molecule has 2 aromatic carbocycles. The van der Waals surface area contributed by atoms with E-state index in [0.29, 0.717) is 23.7 Å². The van der Waals surface area contributed by atoms with Crippen LogP contribution in [0, 0.1) is 20.8 Å². The molecule has 0 unspecified atom stereocenters. The molecular weight excluding hydrogens is 368 g/mol. The Morgan fingerprint density at radius 2 is 1.69 bits per heavy atom. The molecule has 2 amide bonds. The third-order valence-corrected chi connectivity index (χ3v) is 4.54. The molecule has 1 N–H and O–H groups in total. The highest BCUT2D eigenvalue weighted by molar-refractivity contribution is 6.00. The quantitative estimate of drug-likeness (QED) is 0.726. The van der Waals surface area contributed by atoms with Crippen molar-refractivity contribution in [2.75, 3.05) is 32.6 Å². The zero-order valence-electron chi connectivity index (χ0n) is 18.1. The number of amides is 2. The fourth-order valence-corrected chi connectivity index (χ4v) is 3.20. The SMILES string of the molecule is CCCOc1ccc(C(=O)N(C)CC(=O)Nc2c(C)cc(C)cc2C)cc1OC. The molecule has 6 nitrogen and oxygen atoms in total. The monoisotopic (exact) mass is 398 g/mol. The van der Waals surface area contributed by atoms with Gasteiger partial charge in [-0.2, -0.15) is 0 Å². The highest BCUT2D eigenvalue weighted by atomic mass is 16.5. The van der Waals surface area contributed by atoms with Crippen molar-refractivity contribution in [2.24, 2.45) is 0 Å². The van der Waals surface area contributed by atoms with E-state index in [-0.39, 0.29) is 18.4 Å². The summed E-state index contributed by atoms with van der Waals surface area (Å²) < 4.78 is 11.0. The standard InChI is InChI=1S/C23H30N2O4/c1-7-10-29-19-9-8-18(13-20(19)28-6)23(27)25(5)14-21(26)24-22-16(3)11-15(2)12-17(22)4/h8-9,11-13H,7,10,14H2,1-6H3,(H,24,26). The fraction of sp³-hybridized carbons (Fsp3) is 0.391. The average Bonchev–Trinajstić information content (AvgIpc) is 2.68. The van der Waals surface area contributed by atoms with Crippen LogP contribution in [-0.4, -0.2) is 44.0 Å². The van der Waals surface area contributed by atoms with Crippen LogP contribution in [0.1, 0.15) is 40.4 Å². The number of carbonyl (C=O) groups excluding carboxylic acids is 2. The number of nitrogens with zero attached hydrogens (tertiary/aromatic N) is 1. The van der Waals surface area contributed by atoms with Gasteiger partial charge in [0.15, 0.2) is 11.5 Å². The molecule has 0 saturated heterocycles. The molecule has 2 rings (SSSR count). The van der Waals surface area contributed by atoms with E-state index in [1.54, 1.807) is 25.2 Å². The van der Waals surface area contributed by atoms with Crippen LogP contribution >= 0.6 is 0 Å². The Labute approximate surface area is 172 Å². The Morgan fingerprint density at radius 3 is 2.28 bits per heavy atom. The Morgan fingerprint density at radius 1 is 1.03 bits per heavy atom. The summed E-state index contributed by atoms with van der Waals surface area (Å²) in [5, 5.41) is 2.92. The number of methoxy groups -OCH3 is 1. The first-order chi connectivity index (χ1) is 13.8. The van der Waals surface area contributed by atoms with E-state index in [1.165, 1.54) is 12.0 Å². The second kappa shape index (κ2) is 9.96. The van der Waals surface area contributed by atoms with Crippen molar-refractivity contribution in [3.63, 3.8) is 0 Å². The first kappa shape index (κ1) is 22.3. The predicted molar refractivity (Wildman–Crippen MR) is 115 cm³/mol. The van der Waals surface area contributed by atoms with Gasteiger partial charge in [0.05, 0.1) is 20.3 Å². The van der Waals surface area contributed by atoms with Gasteiger partial charge in [0.2, 0.25) is 5.91 Å². The summed E-state index contributed by atoms with van der Waals surface area (Å²) >= 11 is 0. The molecule has 29 heavy (non-hydrogen) atoms. The van der Waals surface area contributed by atoms with E-state index in [0.717, 1.165) is 28.8 Å². The minimum atomic E-state index is -0.266. The van der Waals surface area contributed by atoms with Crippen molar-refractivity contribution in [1.82, 2.24) is 4.90 Å². The zero-order valence-corrected chi connectivity index (χ0v) is 18.1. The van der Waals surface area contributed by atoms with Gasteiger partial charge in [-0.25, -0.2) is 0 Å². The van der Waals surface area contributed by atoms with Gasteiger partial charge in [0.1, 0.15) is 0 Å². The summed E-state index contributed by atoms with van der Waals surface area (Å²) in [4.78, 5) is 26.6. The molecule has 0 aliphatic carbocycles. The largest absolute Gasteiger partial charge is 0.493 e. The van der Waals surface area contributed by atoms with E-state index in [2.05, 4.69) is 5.32 Å². The molecule has 0 aromatic heterocycles. The molecule has 156 valence electrons. The molecule has 0 aliphatic heterocycles. The van der Waals surface area contributed by atoms with Crippen LogP contribution in [-0.2, 0) is 4.79 Å². The maximum atomic E-state index is 12.8. The molecule has 0 heterocycles. The Balaban J connectivity index is 2.07. The molecule has 0 bridgehead atoms.